The third-order valence-electron chi connectivity index (χ3n) is 2.86. The van der Waals surface area contributed by atoms with Crippen LogP contribution in [0.3, 0.4) is 0 Å². The van der Waals surface area contributed by atoms with Gasteiger partial charge in [-0.05, 0) is 24.6 Å². The molecule has 0 atom stereocenters. The molecular weight excluding hydrogens is 314 g/mol. The zero-order valence-electron chi connectivity index (χ0n) is 10.5. The molecule has 5 nitrogen and oxygen atoms in total. The van der Waals surface area contributed by atoms with E-state index in [-0.39, 0.29) is 18.9 Å². The van der Waals surface area contributed by atoms with E-state index in [0.717, 1.165) is 10.0 Å². The monoisotopic (exact) mass is 325 g/mol. The van der Waals surface area contributed by atoms with Crippen molar-refractivity contribution < 1.29 is 19.1 Å². The number of hydrogen-bond donors (Lipinski definition) is 0. The van der Waals surface area contributed by atoms with Crippen molar-refractivity contribution >= 4 is 39.1 Å². The minimum absolute atomic E-state index is 0.0805. The van der Waals surface area contributed by atoms with Gasteiger partial charge in [-0.15, -0.1) is 0 Å². The van der Waals surface area contributed by atoms with Crippen LogP contribution in [0.5, 0.6) is 0 Å². The molecular formula is C13H12BrNO4. The van der Waals surface area contributed by atoms with Gasteiger partial charge >= 0.3 is 0 Å². The second kappa shape index (κ2) is 5.22. The van der Waals surface area contributed by atoms with Crippen LogP contribution in [-0.2, 0) is 14.3 Å². The molecule has 0 N–H and O–H groups in total. The molecule has 1 aromatic carbocycles. The Labute approximate surface area is 118 Å². The van der Waals surface area contributed by atoms with Gasteiger partial charge in [-0.2, -0.15) is 0 Å². The van der Waals surface area contributed by atoms with Crippen molar-refractivity contribution in [3.8, 4) is 0 Å². The van der Waals surface area contributed by atoms with Crippen LogP contribution in [-0.4, -0.2) is 37.7 Å². The maximum atomic E-state index is 11.9. The molecule has 19 heavy (non-hydrogen) atoms. The molecule has 6 heteroatoms. The highest BCUT2D eigenvalue weighted by molar-refractivity contribution is 9.10. The molecule has 100 valence electrons. The van der Waals surface area contributed by atoms with Gasteiger partial charge in [0.2, 0.25) is 0 Å². The summed E-state index contributed by atoms with van der Waals surface area (Å²) in [7, 11) is 1.41. The van der Waals surface area contributed by atoms with Crippen LogP contribution in [0.4, 0.5) is 5.69 Å². The van der Waals surface area contributed by atoms with Gasteiger partial charge in [0.25, 0.3) is 11.7 Å². The van der Waals surface area contributed by atoms with Gasteiger partial charge in [0.1, 0.15) is 6.61 Å². The summed E-state index contributed by atoms with van der Waals surface area (Å²) >= 11 is 3.29. The topological polar surface area (TPSA) is 63.7 Å². The van der Waals surface area contributed by atoms with Crippen LogP contribution >= 0.6 is 15.9 Å². The summed E-state index contributed by atoms with van der Waals surface area (Å²) in [6.07, 6.45) is 0. The minimum atomic E-state index is -0.666. The summed E-state index contributed by atoms with van der Waals surface area (Å²) in [4.78, 5) is 36.7. The Bertz CT molecular complexity index is 582. The van der Waals surface area contributed by atoms with E-state index in [4.69, 9.17) is 4.74 Å². The normalized spacial score (nSPS) is 13.9. The Morgan fingerprint density at radius 1 is 1.37 bits per heavy atom. The van der Waals surface area contributed by atoms with E-state index in [1.165, 1.54) is 12.0 Å². The number of fused-ring (bicyclic) bond motifs is 1. The molecule has 0 saturated heterocycles. The van der Waals surface area contributed by atoms with Gasteiger partial charge in [-0.3, -0.25) is 19.3 Å². The number of methoxy groups -OCH3 is 1. The third kappa shape index (κ3) is 2.46. The number of carbonyl (C=O) groups excluding carboxylic acids is 3. The molecule has 0 spiro atoms. The number of Topliss-reactive ketones (excluding diaryl/α,β-unsaturated/α-hetero) is 2. The number of halogens is 1. The highest BCUT2D eigenvalue weighted by atomic mass is 79.9. The minimum Gasteiger partial charge on any atom is -0.377 e. The zero-order chi connectivity index (χ0) is 14.2. The number of hydrogen-bond acceptors (Lipinski definition) is 4. The number of carbonyl (C=O) groups is 3. The Balaban J connectivity index is 2.41. The zero-order valence-corrected chi connectivity index (χ0v) is 12.1. The summed E-state index contributed by atoms with van der Waals surface area (Å²) in [6.45, 7) is 1.57. The van der Waals surface area contributed by atoms with Gasteiger partial charge in [-0.1, -0.05) is 15.9 Å². The van der Waals surface area contributed by atoms with Gasteiger partial charge in [0, 0.05) is 11.6 Å². The van der Waals surface area contributed by atoms with E-state index in [1.54, 1.807) is 19.1 Å². The van der Waals surface area contributed by atoms with E-state index in [2.05, 4.69) is 15.9 Å². The van der Waals surface area contributed by atoms with E-state index in [9.17, 15) is 14.4 Å². The number of benzene rings is 1. The molecule has 0 unspecified atom stereocenters. The van der Waals surface area contributed by atoms with E-state index >= 15 is 0 Å². The van der Waals surface area contributed by atoms with Crippen molar-refractivity contribution in [3.63, 3.8) is 0 Å². The van der Waals surface area contributed by atoms with Crippen molar-refractivity contribution in [1.29, 1.82) is 0 Å². The lowest BCUT2D eigenvalue weighted by molar-refractivity contribution is -0.123. The first-order valence-electron chi connectivity index (χ1n) is 5.62. The fraction of sp³-hybridized carbons (Fsp3) is 0.308. The first-order valence-corrected chi connectivity index (χ1v) is 6.42. The number of amides is 1. The lowest BCUT2D eigenvalue weighted by Crippen LogP contribution is -2.36. The third-order valence-corrected chi connectivity index (χ3v) is 3.32. The fourth-order valence-electron chi connectivity index (χ4n) is 2.14. The Kier molecular flexibility index (Phi) is 3.82. The lowest BCUT2D eigenvalue weighted by Gasteiger charge is -2.17. The van der Waals surface area contributed by atoms with E-state index in [1.807, 2.05) is 0 Å². The first-order chi connectivity index (χ1) is 8.95. The average Bonchev–Trinajstić information content (AvgIpc) is 2.55. The molecule has 0 radical (unpaired) electrons. The highest BCUT2D eigenvalue weighted by Crippen LogP contribution is 2.34. The molecule has 1 aromatic rings. The van der Waals surface area contributed by atoms with Gasteiger partial charge in [0.05, 0.1) is 17.8 Å². The number of ketones is 2. The van der Waals surface area contributed by atoms with Crippen LogP contribution < -0.4 is 4.90 Å². The Morgan fingerprint density at radius 2 is 2.05 bits per heavy atom. The number of ether oxygens (including phenoxy) is 1. The molecule has 1 amide bonds. The maximum absolute atomic E-state index is 11.9. The summed E-state index contributed by atoms with van der Waals surface area (Å²) in [5.74, 6) is -1.50. The maximum Gasteiger partial charge on any atom is 0.299 e. The number of rotatable bonds is 4. The van der Waals surface area contributed by atoms with Crippen molar-refractivity contribution in [3.05, 3.63) is 27.7 Å². The quantitative estimate of drug-likeness (QED) is 0.787. The van der Waals surface area contributed by atoms with E-state index < -0.39 is 11.7 Å². The average molecular weight is 326 g/mol. The SMILES string of the molecule is COCC(=O)CN1C(=O)C(=O)c2cc(Br)cc(C)c21. The molecule has 1 aliphatic heterocycles. The van der Waals surface area contributed by atoms with Crippen LogP contribution in [0, 0.1) is 6.92 Å². The summed E-state index contributed by atoms with van der Waals surface area (Å²) < 4.78 is 5.46. The Hall–Kier alpha value is -1.53. The predicted octanol–water partition coefficient (Wildman–Crippen LogP) is 1.50. The molecule has 0 bridgehead atoms. The molecule has 0 fully saturated rings. The van der Waals surface area contributed by atoms with Crippen molar-refractivity contribution in [1.82, 2.24) is 0 Å². The van der Waals surface area contributed by atoms with Crippen molar-refractivity contribution in [2.24, 2.45) is 0 Å². The standard InChI is InChI=1S/C13H12BrNO4/c1-7-3-8(14)4-10-11(7)15(13(18)12(10)17)5-9(16)6-19-2/h3-4H,5-6H2,1-2H3. The smallest absolute Gasteiger partial charge is 0.299 e. The van der Waals surface area contributed by atoms with Gasteiger partial charge in [-0.25, -0.2) is 0 Å². The largest absolute Gasteiger partial charge is 0.377 e. The molecule has 0 aromatic heterocycles. The van der Waals surface area contributed by atoms with Crippen molar-refractivity contribution in [2.75, 3.05) is 25.2 Å². The van der Waals surface area contributed by atoms with Crippen LogP contribution in [0.15, 0.2) is 16.6 Å². The molecule has 0 aliphatic carbocycles. The summed E-state index contributed by atoms with van der Waals surface area (Å²) in [6, 6.07) is 3.40. The predicted molar refractivity (Wildman–Crippen MR) is 72.4 cm³/mol. The molecule has 1 heterocycles. The van der Waals surface area contributed by atoms with Crippen LogP contribution in [0.1, 0.15) is 15.9 Å². The van der Waals surface area contributed by atoms with Crippen molar-refractivity contribution in [2.45, 2.75) is 6.92 Å². The molecule has 1 aliphatic rings. The molecule has 0 saturated carbocycles. The van der Waals surface area contributed by atoms with Crippen LogP contribution in [0.25, 0.3) is 0 Å². The number of aryl methyl sites for hydroxylation is 1. The number of anilines is 1. The second-order valence-electron chi connectivity index (χ2n) is 4.31. The van der Waals surface area contributed by atoms with Gasteiger partial charge < -0.3 is 4.74 Å². The lowest BCUT2D eigenvalue weighted by atomic mass is 10.1. The fourth-order valence-corrected chi connectivity index (χ4v) is 2.71. The molecule has 2 rings (SSSR count). The van der Waals surface area contributed by atoms with E-state index in [0.29, 0.717) is 11.3 Å². The van der Waals surface area contributed by atoms with Gasteiger partial charge in [0.15, 0.2) is 5.78 Å². The Morgan fingerprint density at radius 3 is 2.68 bits per heavy atom. The first kappa shape index (κ1) is 13.9. The summed E-state index contributed by atoms with van der Waals surface area (Å²) in [5, 5.41) is 0. The summed E-state index contributed by atoms with van der Waals surface area (Å²) in [5.41, 5.74) is 1.62. The highest BCUT2D eigenvalue weighted by Gasteiger charge is 2.38. The van der Waals surface area contributed by atoms with Crippen LogP contribution in [0.2, 0.25) is 0 Å². The number of nitrogens with zero attached hydrogens (tertiary/aromatic N) is 1. The second-order valence-corrected chi connectivity index (χ2v) is 5.23.